The lowest BCUT2D eigenvalue weighted by Gasteiger charge is -2.25. The molecule has 1 aliphatic rings. The van der Waals surface area contributed by atoms with Crippen molar-refractivity contribution < 1.29 is 24.0 Å². The van der Waals surface area contributed by atoms with Gasteiger partial charge in [-0.1, -0.05) is 23.4 Å². The maximum atomic E-state index is 12.8. The Morgan fingerprint density at radius 1 is 1.30 bits per heavy atom. The van der Waals surface area contributed by atoms with Crippen molar-refractivity contribution in [2.24, 2.45) is 0 Å². The van der Waals surface area contributed by atoms with Gasteiger partial charge in [0.25, 0.3) is 5.91 Å². The van der Waals surface area contributed by atoms with E-state index in [1.165, 1.54) is 4.90 Å². The Hall–Kier alpha value is -2.83. The molecular formula is C16H16N2O5. The number of benzene rings is 1. The number of carbonyl (C=O) groups is 2. The fourth-order valence-corrected chi connectivity index (χ4v) is 2.62. The van der Waals surface area contributed by atoms with Gasteiger partial charge >= 0.3 is 5.97 Å². The van der Waals surface area contributed by atoms with Gasteiger partial charge in [0, 0.05) is 11.1 Å². The first kappa shape index (κ1) is 15.1. The van der Waals surface area contributed by atoms with Crippen molar-refractivity contribution in [2.75, 3.05) is 13.2 Å². The van der Waals surface area contributed by atoms with E-state index in [4.69, 9.17) is 9.26 Å². The van der Waals surface area contributed by atoms with Crippen LogP contribution in [0.3, 0.4) is 0 Å². The largest absolute Gasteiger partial charge is 0.491 e. The fraction of sp³-hybridized carbons (Fsp3) is 0.312. The van der Waals surface area contributed by atoms with Gasteiger partial charge in [0.15, 0.2) is 6.04 Å². The number of ether oxygens (including phenoxy) is 1. The quantitative estimate of drug-likeness (QED) is 0.910. The lowest BCUT2D eigenvalue weighted by Crippen LogP contribution is -2.40. The highest BCUT2D eigenvalue weighted by Gasteiger charge is 2.37. The van der Waals surface area contributed by atoms with Gasteiger partial charge in [-0.25, -0.2) is 4.79 Å². The van der Waals surface area contributed by atoms with Crippen LogP contribution in [-0.2, 0) is 4.79 Å². The molecule has 1 aromatic carbocycles. The van der Waals surface area contributed by atoms with Gasteiger partial charge in [0.1, 0.15) is 12.4 Å². The summed E-state index contributed by atoms with van der Waals surface area (Å²) >= 11 is 0. The van der Waals surface area contributed by atoms with Crippen LogP contribution >= 0.6 is 0 Å². The van der Waals surface area contributed by atoms with Crippen LogP contribution < -0.4 is 4.74 Å². The molecule has 7 nitrogen and oxygen atoms in total. The second-order valence-electron chi connectivity index (χ2n) is 5.35. The second kappa shape index (κ2) is 5.75. The number of aromatic nitrogens is 1. The molecule has 1 aromatic heterocycles. The number of carbonyl (C=O) groups excluding carboxylic acids is 1. The standard InChI is InChI=1S/C16H16N2O5/c1-9-10(2)17-23-14(9)15(19)18-7-8-22-12-6-4-3-5-11(12)13(18)16(20)21/h3-6,13H,7-8H2,1-2H3,(H,20,21). The topological polar surface area (TPSA) is 92.9 Å². The number of hydrogen-bond acceptors (Lipinski definition) is 5. The van der Waals surface area contributed by atoms with Crippen molar-refractivity contribution in [3.63, 3.8) is 0 Å². The van der Waals surface area contributed by atoms with E-state index in [9.17, 15) is 14.7 Å². The molecule has 7 heteroatoms. The Labute approximate surface area is 132 Å². The molecule has 0 radical (unpaired) electrons. The SMILES string of the molecule is Cc1noc(C(=O)N2CCOc3ccccc3C2C(=O)O)c1C. The van der Waals surface area contributed by atoms with Crippen LogP contribution in [0.1, 0.15) is 33.4 Å². The van der Waals surface area contributed by atoms with Crippen molar-refractivity contribution in [2.45, 2.75) is 19.9 Å². The smallest absolute Gasteiger partial charge is 0.331 e. The zero-order valence-corrected chi connectivity index (χ0v) is 12.8. The van der Waals surface area contributed by atoms with Crippen LogP contribution in [0, 0.1) is 13.8 Å². The number of amides is 1. The van der Waals surface area contributed by atoms with Gasteiger partial charge in [0.2, 0.25) is 5.76 Å². The van der Waals surface area contributed by atoms with Crippen molar-refractivity contribution in [1.82, 2.24) is 10.1 Å². The molecule has 0 fully saturated rings. The van der Waals surface area contributed by atoms with Crippen LogP contribution in [-0.4, -0.2) is 40.2 Å². The summed E-state index contributed by atoms with van der Waals surface area (Å²) in [5.74, 6) is -1.09. The first-order chi connectivity index (χ1) is 11.0. The Bertz CT molecular complexity index is 768. The van der Waals surface area contributed by atoms with E-state index in [-0.39, 0.29) is 18.9 Å². The van der Waals surface area contributed by atoms with Crippen LogP contribution in [0.15, 0.2) is 28.8 Å². The minimum Gasteiger partial charge on any atom is -0.491 e. The number of rotatable bonds is 2. The molecule has 1 N–H and O–H groups in total. The molecule has 0 spiro atoms. The molecule has 3 rings (SSSR count). The van der Waals surface area contributed by atoms with Gasteiger partial charge < -0.3 is 19.3 Å². The summed E-state index contributed by atoms with van der Waals surface area (Å²) in [5.41, 5.74) is 1.66. The third-order valence-electron chi connectivity index (χ3n) is 3.96. The third-order valence-corrected chi connectivity index (χ3v) is 3.96. The molecule has 0 saturated heterocycles. The first-order valence-electron chi connectivity index (χ1n) is 7.19. The number of aryl methyl sites for hydroxylation is 1. The number of nitrogens with zero attached hydrogens (tertiary/aromatic N) is 2. The van der Waals surface area contributed by atoms with Crippen molar-refractivity contribution in [3.05, 3.63) is 46.8 Å². The van der Waals surface area contributed by atoms with E-state index < -0.39 is 17.9 Å². The summed E-state index contributed by atoms with van der Waals surface area (Å²) in [7, 11) is 0. The highest BCUT2D eigenvalue weighted by Crippen LogP contribution is 2.33. The van der Waals surface area contributed by atoms with E-state index >= 15 is 0 Å². The van der Waals surface area contributed by atoms with Gasteiger partial charge in [0.05, 0.1) is 12.2 Å². The first-order valence-corrected chi connectivity index (χ1v) is 7.19. The molecule has 2 heterocycles. The van der Waals surface area contributed by atoms with Crippen LogP contribution in [0.4, 0.5) is 0 Å². The molecule has 120 valence electrons. The Morgan fingerprint density at radius 3 is 2.70 bits per heavy atom. The molecule has 1 atom stereocenters. The average molecular weight is 316 g/mol. The Kier molecular flexibility index (Phi) is 3.77. The monoisotopic (exact) mass is 316 g/mol. The molecule has 0 aliphatic carbocycles. The van der Waals surface area contributed by atoms with E-state index in [1.54, 1.807) is 38.1 Å². The predicted octanol–water partition coefficient (Wildman–Crippen LogP) is 1.95. The Balaban J connectivity index is 2.05. The molecule has 1 amide bonds. The van der Waals surface area contributed by atoms with E-state index in [2.05, 4.69) is 5.16 Å². The lowest BCUT2D eigenvalue weighted by atomic mass is 10.0. The van der Waals surface area contributed by atoms with Gasteiger partial charge in [-0.2, -0.15) is 0 Å². The van der Waals surface area contributed by atoms with Gasteiger partial charge in [-0.05, 0) is 19.9 Å². The highest BCUT2D eigenvalue weighted by atomic mass is 16.5. The molecule has 0 bridgehead atoms. The third kappa shape index (κ3) is 2.54. The molecule has 23 heavy (non-hydrogen) atoms. The normalized spacial score (nSPS) is 17.1. The second-order valence-corrected chi connectivity index (χ2v) is 5.35. The number of carboxylic acid groups (broad SMARTS) is 1. The maximum Gasteiger partial charge on any atom is 0.331 e. The summed E-state index contributed by atoms with van der Waals surface area (Å²) in [6, 6.07) is 5.70. The summed E-state index contributed by atoms with van der Waals surface area (Å²) < 4.78 is 10.7. The van der Waals surface area contributed by atoms with E-state index in [0.29, 0.717) is 22.6 Å². The number of carboxylic acids is 1. The zero-order chi connectivity index (χ0) is 16.6. The van der Waals surface area contributed by atoms with Crippen LogP contribution in [0.5, 0.6) is 5.75 Å². The zero-order valence-electron chi connectivity index (χ0n) is 12.8. The van der Waals surface area contributed by atoms with Crippen molar-refractivity contribution in [1.29, 1.82) is 0 Å². The van der Waals surface area contributed by atoms with Crippen LogP contribution in [0.25, 0.3) is 0 Å². The minimum atomic E-state index is -1.13. The average Bonchev–Trinajstić information content (AvgIpc) is 2.75. The number of aliphatic carboxylic acids is 1. The highest BCUT2D eigenvalue weighted by molar-refractivity contribution is 5.96. The number of para-hydroxylation sites is 1. The van der Waals surface area contributed by atoms with Gasteiger partial charge in [-0.15, -0.1) is 0 Å². The van der Waals surface area contributed by atoms with E-state index in [0.717, 1.165) is 0 Å². The number of hydrogen-bond donors (Lipinski definition) is 1. The summed E-state index contributed by atoms with van der Waals surface area (Å²) in [6.07, 6.45) is 0. The van der Waals surface area contributed by atoms with Crippen molar-refractivity contribution >= 4 is 11.9 Å². The summed E-state index contributed by atoms with van der Waals surface area (Å²) in [5, 5.41) is 13.4. The Morgan fingerprint density at radius 2 is 2.04 bits per heavy atom. The molecule has 0 saturated carbocycles. The molecular weight excluding hydrogens is 300 g/mol. The summed E-state index contributed by atoms with van der Waals surface area (Å²) in [6.45, 7) is 3.80. The van der Waals surface area contributed by atoms with E-state index in [1.807, 2.05) is 0 Å². The molecule has 1 aliphatic heterocycles. The predicted molar refractivity (Wildman–Crippen MR) is 79.3 cm³/mol. The lowest BCUT2D eigenvalue weighted by molar-refractivity contribution is -0.142. The van der Waals surface area contributed by atoms with Gasteiger partial charge in [-0.3, -0.25) is 4.79 Å². The fourth-order valence-electron chi connectivity index (χ4n) is 2.62. The van der Waals surface area contributed by atoms with Crippen LogP contribution in [0.2, 0.25) is 0 Å². The summed E-state index contributed by atoms with van der Waals surface area (Å²) in [4.78, 5) is 25.8. The number of fused-ring (bicyclic) bond motifs is 1. The van der Waals surface area contributed by atoms with Crippen molar-refractivity contribution in [3.8, 4) is 5.75 Å². The molecule has 2 aromatic rings. The maximum absolute atomic E-state index is 12.8. The molecule has 1 unspecified atom stereocenters. The minimum absolute atomic E-state index is 0.0631.